The molecule has 0 bridgehead atoms. The van der Waals surface area contributed by atoms with Gasteiger partial charge in [0.25, 0.3) is 5.78 Å². The van der Waals surface area contributed by atoms with E-state index in [9.17, 15) is 4.79 Å². The lowest BCUT2D eigenvalue weighted by Gasteiger charge is -2.35. The lowest BCUT2D eigenvalue weighted by Crippen LogP contribution is -2.40. The Kier molecular flexibility index (Phi) is 8.37. The van der Waals surface area contributed by atoms with Crippen LogP contribution in [0.4, 0.5) is 4.39 Å². The van der Waals surface area contributed by atoms with E-state index in [4.69, 9.17) is 19.8 Å². The lowest BCUT2D eigenvalue weighted by molar-refractivity contribution is -0.126. The lowest BCUT2D eigenvalue weighted by atomic mass is 9.82. The van der Waals surface area contributed by atoms with Crippen LogP contribution in [0.15, 0.2) is 6.20 Å². The minimum atomic E-state index is -1.45. The highest BCUT2D eigenvalue weighted by atomic mass is 19.1. The number of alkyl halides is 1. The minimum Gasteiger partial charge on any atom is -0.381 e. The SMILES string of the molecule is CCC(C)CCCC(NC)c1cn2nc(CC3CCCNC3=O)c(C3COCCC3(C)F)nc2n1. The fraction of sp³-hybridized carbons (Fsp3) is 0.769. The summed E-state index contributed by atoms with van der Waals surface area (Å²) in [5.41, 5.74) is 0.683. The Morgan fingerprint density at radius 2 is 2.20 bits per heavy atom. The molecule has 2 fully saturated rings. The highest BCUT2D eigenvalue weighted by Crippen LogP contribution is 2.39. The Hall–Kier alpha value is -2.13. The fourth-order valence-electron chi connectivity index (χ4n) is 5.24. The number of fused-ring (bicyclic) bond motifs is 1. The second kappa shape index (κ2) is 11.3. The molecule has 2 aromatic heterocycles. The summed E-state index contributed by atoms with van der Waals surface area (Å²) in [6.45, 7) is 7.49. The quantitative estimate of drug-likeness (QED) is 0.527. The molecule has 35 heavy (non-hydrogen) atoms. The van der Waals surface area contributed by atoms with Gasteiger partial charge in [-0.1, -0.05) is 33.1 Å². The highest BCUT2D eigenvalue weighted by Gasteiger charge is 2.42. The van der Waals surface area contributed by atoms with Crippen molar-refractivity contribution in [2.24, 2.45) is 11.8 Å². The van der Waals surface area contributed by atoms with Crippen molar-refractivity contribution in [3.05, 3.63) is 23.3 Å². The number of ether oxygens (including phenoxy) is 1. The molecule has 0 radical (unpaired) electrons. The zero-order valence-corrected chi connectivity index (χ0v) is 21.6. The topological polar surface area (TPSA) is 93.4 Å². The predicted molar refractivity (Wildman–Crippen MR) is 133 cm³/mol. The van der Waals surface area contributed by atoms with Crippen molar-refractivity contribution in [1.29, 1.82) is 0 Å². The van der Waals surface area contributed by atoms with Gasteiger partial charge in [-0.3, -0.25) is 4.79 Å². The Labute approximate surface area is 207 Å². The van der Waals surface area contributed by atoms with Crippen molar-refractivity contribution < 1.29 is 13.9 Å². The van der Waals surface area contributed by atoms with Crippen LogP contribution in [0.3, 0.4) is 0 Å². The first-order valence-electron chi connectivity index (χ1n) is 13.3. The number of aromatic nitrogens is 4. The van der Waals surface area contributed by atoms with Gasteiger partial charge in [-0.2, -0.15) is 5.10 Å². The molecule has 0 saturated carbocycles. The Morgan fingerprint density at radius 1 is 1.37 bits per heavy atom. The van der Waals surface area contributed by atoms with E-state index in [0.29, 0.717) is 49.1 Å². The van der Waals surface area contributed by atoms with Crippen LogP contribution in [0.2, 0.25) is 0 Å². The summed E-state index contributed by atoms with van der Waals surface area (Å²) in [4.78, 5) is 22.1. The fourth-order valence-corrected chi connectivity index (χ4v) is 5.24. The van der Waals surface area contributed by atoms with Crippen molar-refractivity contribution in [2.75, 3.05) is 26.8 Å². The van der Waals surface area contributed by atoms with Crippen LogP contribution in [0.5, 0.6) is 0 Å². The number of imidazole rings is 1. The first-order valence-corrected chi connectivity index (χ1v) is 13.3. The second-order valence-corrected chi connectivity index (χ2v) is 10.6. The Morgan fingerprint density at radius 3 is 2.91 bits per heavy atom. The van der Waals surface area contributed by atoms with Crippen LogP contribution in [-0.4, -0.2) is 58.0 Å². The Balaban J connectivity index is 1.66. The third-order valence-electron chi connectivity index (χ3n) is 7.94. The maximum absolute atomic E-state index is 15.6. The molecule has 2 N–H and O–H groups in total. The molecule has 4 heterocycles. The van der Waals surface area contributed by atoms with E-state index < -0.39 is 11.6 Å². The number of carbonyl (C=O) groups is 1. The summed E-state index contributed by atoms with van der Waals surface area (Å²) in [5.74, 6) is 0.501. The number of amides is 1. The number of hydrogen-bond donors (Lipinski definition) is 2. The molecule has 9 heteroatoms. The largest absolute Gasteiger partial charge is 0.381 e. The van der Waals surface area contributed by atoms with Crippen molar-refractivity contribution in [3.8, 4) is 0 Å². The number of nitrogens with zero attached hydrogens (tertiary/aromatic N) is 4. The van der Waals surface area contributed by atoms with Gasteiger partial charge in [0.05, 0.1) is 41.8 Å². The molecule has 0 spiro atoms. The molecule has 0 aliphatic carbocycles. The third-order valence-corrected chi connectivity index (χ3v) is 7.94. The summed E-state index contributed by atoms with van der Waals surface area (Å²) < 4.78 is 23.0. The van der Waals surface area contributed by atoms with E-state index in [1.54, 1.807) is 11.4 Å². The molecule has 2 aliphatic heterocycles. The molecule has 0 aromatic carbocycles. The number of nitrogens with one attached hydrogen (secondary N) is 2. The molecular weight excluding hydrogens is 447 g/mol. The van der Waals surface area contributed by atoms with E-state index in [1.807, 2.05) is 13.2 Å². The smallest absolute Gasteiger partial charge is 0.251 e. The summed E-state index contributed by atoms with van der Waals surface area (Å²) in [5, 5.41) is 11.2. The molecule has 5 atom stereocenters. The third kappa shape index (κ3) is 6.00. The maximum Gasteiger partial charge on any atom is 0.251 e. The standard InChI is InChI=1S/C26H41FN6O2/c1-5-17(2)8-6-10-20(28-4)22-15-33-25(30-22)31-23(19-16-35-13-11-26(19,3)27)21(32-33)14-18-9-7-12-29-24(18)34/h15,17-20,28H,5-14,16H2,1-4H3,(H,29,34). The predicted octanol–water partition coefficient (Wildman–Crippen LogP) is 3.90. The van der Waals surface area contributed by atoms with Gasteiger partial charge in [-0.05, 0) is 39.2 Å². The summed E-state index contributed by atoms with van der Waals surface area (Å²) in [6.07, 6.45) is 8.88. The van der Waals surface area contributed by atoms with Crippen LogP contribution in [0.1, 0.15) is 94.8 Å². The first-order chi connectivity index (χ1) is 16.8. The van der Waals surface area contributed by atoms with Gasteiger partial charge in [0.15, 0.2) is 0 Å². The number of halogens is 1. The summed E-state index contributed by atoms with van der Waals surface area (Å²) in [7, 11) is 1.95. The van der Waals surface area contributed by atoms with Gasteiger partial charge in [0.2, 0.25) is 5.91 Å². The van der Waals surface area contributed by atoms with Crippen molar-refractivity contribution in [3.63, 3.8) is 0 Å². The van der Waals surface area contributed by atoms with Gasteiger partial charge in [0, 0.05) is 31.9 Å². The van der Waals surface area contributed by atoms with Crippen LogP contribution >= 0.6 is 0 Å². The summed E-state index contributed by atoms with van der Waals surface area (Å²) in [6, 6.07) is 0.100. The monoisotopic (exact) mass is 488 g/mol. The molecule has 1 amide bonds. The Bertz CT molecular complexity index is 1010. The van der Waals surface area contributed by atoms with Gasteiger partial charge >= 0.3 is 0 Å². The van der Waals surface area contributed by atoms with E-state index in [1.165, 1.54) is 12.8 Å². The van der Waals surface area contributed by atoms with Gasteiger partial charge in [0.1, 0.15) is 5.67 Å². The molecule has 2 aliphatic rings. The molecule has 5 unspecified atom stereocenters. The van der Waals surface area contributed by atoms with E-state index in [2.05, 4.69) is 24.5 Å². The average Bonchev–Trinajstić information content (AvgIpc) is 3.25. The minimum absolute atomic E-state index is 0.0369. The second-order valence-electron chi connectivity index (χ2n) is 10.6. The van der Waals surface area contributed by atoms with E-state index in [0.717, 1.165) is 31.4 Å². The average molecular weight is 489 g/mol. The molecule has 8 nitrogen and oxygen atoms in total. The maximum atomic E-state index is 15.6. The van der Waals surface area contributed by atoms with Crippen molar-refractivity contribution in [1.82, 2.24) is 30.2 Å². The van der Waals surface area contributed by atoms with E-state index in [-0.39, 0.29) is 24.5 Å². The van der Waals surface area contributed by atoms with Gasteiger partial charge in [-0.25, -0.2) is 18.9 Å². The molecule has 4 rings (SSSR count). The number of piperidine rings is 1. The number of hydrogen-bond acceptors (Lipinski definition) is 6. The van der Waals surface area contributed by atoms with Crippen LogP contribution in [-0.2, 0) is 16.0 Å². The van der Waals surface area contributed by atoms with Gasteiger partial charge in [-0.15, -0.1) is 0 Å². The first kappa shape index (κ1) is 25.9. The normalized spacial score (nSPS) is 27.1. The van der Waals surface area contributed by atoms with Crippen molar-refractivity contribution in [2.45, 2.75) is 89.8 Å². The van der Waals surface area contributed by atoms with Crippen molar-refractivity contribution >= 4 is 11.7 Å². The van der Waals surface area contributed by atoms with Crippen LogP contribution in [0.25, 0.3) is 5.78 Å². The highest BCUT2D eigenvalue weighted by molar-refractivity contribution is 5.79. The van der Waals surface area contributed by atoms with E-state index >= 15 is 4.39 Å². The molecule has 194 valence electrons. The van der Waals surface area contributed by atoms with Crippen LogP contribution < -0.4 is 10.6 Å². The molecule has 2 aromatic rings. The molecule has 2 saturated heterocycles. The number of rotatable bonds is 10. The molecular formula is C26H41FN6O2. The number of carbonyl (C=O) groups excluding carboxylic acids is 1. The van der Waals surface area contributed by atoms with Crippen LogP contribution in [0, 0.1) is 11.8 Å². The summed E-state index contributed by atoms with van der Waals surface area (Å²) >= 11 is 0. The zero-order chi connectivity index (χ0) is 25.0. The zero-order valence-electron chi connectivity index (χ0n) is 21.6. The van der Waals surface area contributed by atoms with Gasteiger partial charge < -0.3 is 15.4 Å².